The molecule has 1 saturated heterocycles. The minimum absolute atomic E-state index is 0.0761. The number of benzene rings is 1. The van der Waals surface area contributed by atoms with Crippen molar-refractivity contribution in [2.75, 3.05) is 18.9 Å². The molecular weight excluding hydrogens is 334 g/mol. The Hall–Kier alpha value is -3.26. The minimum atomic E-state index is -0.471. The van der Waals surface area contributed by atoms with Crippen molar-refractivity contribution in [3.8, 4) is 17.1 Å². The second kappa shape index (κ2) is 6.57. The number of carbonyl (C=O) groups excluding carboxylic acids is 1. The first-order valence-corrected chi connectivity index (χ1v) is 8.19. The lowest BCUT2D eigenvalue weighted by Gasteiger charge is -2.13. The first kappa shape index (κ1) is 16.2. The van der Waals surface area contributed by atoms with E-state index in [0.717, 1.165) is 12.0 Å². The maximum absolute atomic E-state index is 11.2. The van der Waals surface area contributed by atoms with Crippen LogP contribution in [-0.4, -0.2) is 40.2 Å². The van der Waals surface area contributed by atoms with Gasteiger partial charge in [-0.25, -0.2) is 9.97 Å². The van der Waals surface area contributed by atoms with E-state index in [1.165, 1.54) is 0 Å². The van der Waals surface area contributed by atoms with E-state index in [9.17, 15) is 4.79 Å². The van der Waals surface area contributed by atoms with Gasteiger partial charge in [0.2, 0.25) is 17.7 Å². The second-order valence-electron chi connectivity index (χ2n) is 6.00. The predicted octanol–water partition coefficient (Wildman–Crippen LogP) is 1.54. The molecule has 2 aromatic heterocycles. The van der Waals surface area contributed by atoms with Gasteiger partial charge in [-0.1, -0.05) is 12.1 Å². The van der Waals surface area contributed by atoms with Crippen molar-refractivity contribution in [2.45, 2.75) is 12.5 Å². The molecule has 0 aliphatic carbocycles. The monoisotopic (exact) mass is 351 g/mol. The van der Waals surface area contributed by atoms with Gasteiger partial charge in [-0.05, 0) is 24.3 Å². The molecule has 1 aromatic carbocycles. The molecule has 0 saturated carbocycles. The molecule has 4 rings (SSSR count). The number of nitrogens with zero attached hydrogens (tertiary/aromatic N) is 3. The van der Waals surface area contributed by atoms with Crippen molar-refractivity contribution in [1.29, 1.82) is 0 Å². The van der Waals surface area contributed by atoms with Gasteiger partial charge in [0, 0.05) is 17.5 Å². The predicted molar refractivity (Wildman–Crippen MR) is 95.6 cm³/mol. The Labute approximate surface area is 149 Å². The van der Waals surface area contributed by atoms with Crippen molar-refractivity contribution in [1.82, 2.24) is 15.0 Å². The number of primary amides is 1. The van der Waals surface area contributed by atoms with Crippen LogP contribution in [0.25, 0.3) is 22.3 Å². The van der Waals surface area contributed by atoms with E-state index >= 15 is 0 Å². The SMILES string of the molecule is NC(=O)c1ccc(-c2ccc3nc(N)nc(OC4CCOC4)c3n2)cc1. The summed E-state index contributed by atoms with van der Waals surface area (Å²) in [6.45, 7) is 1.17. The van der Waals surface area contributed by atoms with Crippen LogP contribution in [0.3, 0.4) is 0 Å². The maximum Gasteiger partial charge on any atom is 0.248 e. The Morgan fingerprint density at radius 2 is 1.92 bits per heavy atom. The van der Waals surface area contributed by atoms with Crippen molar-refractivity contribution >= 4 is 22.9 Å². The van der Waals surface area contributed by atoms with Crippen LogP contribution in [-0.2, 0) is 4.74 Å². The summed E-state index contributed by atoms with van der Waals surface area (Å²) in [5.74, 6) is 0.00625. The number of amides is 1. The minimum Gasteiger partial charge on any atom is -0.470 e. The summed E-state index contributed by atoms with van der Waals surface area (Å²) in [6, 6.07) is 10.5. The third-order valence-corrected chi connectivity index (χ3v) is 4.16. The fourth-order valence-corrected chi connectivity index (χ4v) is 2.82. The van der Waals surface area contributed by atoms with Crippen LogP contribution in [0.15, 0.2) is 36.4 Å². The molecule has 0 spiro atoms. The van der Waals surface area contributed by atoms with E-state index in [-0.39, 0.29) is 12.1 Å². The maximum atomic E-state index is 11.2. The molecule has 1 unspecified atom stereocenters. The van der Waals surface area contributed by atoms with E-state index in [0.29, 0.717) is 41.4 Å². The van der Waals surface area contributed by atoms with E-state index in [2.05, 4.69) is 15.0 Å². The third-order valence-electron chi connectivity index (χ3n) is 4.16. The largest absolute Gasteiger partial charge is 0.470 e. The number of fused-ring (bicyclic) bond motifs is 1. The second-order valence-corrected chi connectivity index (χ2v) is 6.00. The summed E-state index contributed by atoms with van der Waals surface area (Å²) in [7, 11) is 0. The summed E-state index contributed by atoms with van der Waals surface area (Å²) in [5.41, 5.74) is 14.2. The van der Waals surface area contributed by atoms with Crippen molar-refractivity contribution in [2.24, 2.45) is 5.73 Å². The molecular formula is C18H17N5O3. The number of rotatable bonds is 4. The Morgan fingerprint density at radius 1 is 1.12 bits per heavy atom. The molecule has 1 atom stereocenters. The van der Waals surface area contributed by atoms with Crippen LogP contribution in [0.2, 0.25) is 0 Å². The lowest BCUT2D eigenvalue weighted by molar-refractivity contribution is 0.100. The summed E-state index contributed by atoms with van der Waals surface area (Å²) >= 11 is 0. The highest BCUT2D eigenvalue weighted by Crippen LogP contribution is 2.27. The van der Waals surface area contributed by atoms with Crippen LogP contribution < -0.4 is 16.2 Å². The van der Waals surface area contributed by atoms with E-state index < -0.39 is 5.91 Å². The smallest absolute Gasteiger partial charge is 0.248 e. The molecule has 0 radical (unpaired) electrons. The zero-order chi connectivity index (χ0) is 18.1. The average molecular weight is 351 g/mol. The molecule has 4 N–H and O–H groups in total. The fourth-order valence-electron chi connectivity index (χ4n) is 2.82. The van der Waals surface area contributed by atoms with Gasteiger partial charge >= 0.3 is 0 Å². The fraction of sp³-hybridized carbons (Fsp3) is 0.222. The molecule has 1 amide bonds. The molecule has 3 heterocycles. The quantitative estimate of drug-likeness (QED) is 0.730. The zero-order valence-electron chi connectivity index (χ0n) is 13.9. The zero-order valence-corrected chi connectivity index (χ0v) is 13.9. The van der Waals surface area contributed by atoms with Crippen molar-refractivity contribution < 1.29 is 14.3 Å². The summed E-state index contributed by atoms with van der Waals surface area (Å²) < 4.78 is 11.3. The van der Waals surface area contributed by atoms with Gasteiger partial charge in [-0.3, -0.25) is 4.79 Å². The molecule has 3 aromatic rings. The number of ether oxygens (including phenoxy) is 2. The number of nitrogens with two attached hydrogens (primary N) is 2. The van der Waals surface area contributed by atoms with Gasteiger partial charge in [0.25, 0.3) is 0 Å². The highest BCUT2D eigenvalue weighted by Gasteiger charge is 2.20. The Bertz CT molecular complexity index is 968. The van der Waals surface area contributed by atoms with Gasteiger partial charge in [0.15, 0.2) is 5.52 Å². The van der Waals surface area contributed by atoms with Gasteiger partial charge in [0.05, 0.1) is 24.4 Å². The van der Waals surface area contributed by atoms with E-state index in [1.807, 2.05) is 12.1 Å². The lowest BCUT2D eigenvalue weighted by Crippen LogP contribution is -2.17. The number of hydrogen-bond acceptors (Lipinski definition) is 7. The lowest BCUT2D eigenvalue weighted by atomic mass is 10.1. The summed E-state index contributed by atoms with van der Waals surface area (Å²) in [4.78, 5) is 24.3. The molecule has 132 valence electrons. The molecule has 26 heavy (non-hydrogen) atoms. The van der Waals surface area contributed by atoms with Crippen LogP contribution in [0, 0.1) is 0 Å². The Balaban J connectivity index is 1.75. The molecule has 1 fully saturated rings. The number of anilines is 1. The van der Waals surface area contributed by atoms with Gasteiger partial charge in [0.1, 0.15) is 6.10 Å². The molecule has 1 aliphatic heterocycles. The molecule has 8 nitrogen and oxygen atoms in total. The number of pyridine rings is 1. The average Bonchev–Trinajstić information content (AvgIpc) is 3.14. The van der Waals surface area contributed by atoms with E-state index in [4.69, 9.17) is 20.9 Å². The number of nitrogen functional groups attached to an aromatic ring is 1. The molecule has 1 aliphatic rings. The molecule has 8 heteroatoms. The summed E-state index contributed by atoms with van der Waals surface area (Å²) in [5, 5.41) is 0. The van der Waals surface area contributed by atoms with Crippen molar-refractivity contribution in [3.05, 3.63) is 42.0 Å². The number of carbonyl (C=O) groups is 1. The van der Waals surface area contributed by atoms with Crippen molar-refractivity contribution in [3.63, 3.8) is 0 Å². The van der Waals surface area contributed by atoms with Crippen LogP contribution >= 0.6 is 0 Å². The van der Waals surface area contributed by atoms with E-state index in [1.54, 1.807) is 24.3 Å². The summed E-state index contributed by atoms with van der Waals surface area (Å²) in [6.07, 6.45) is 0.715. The normalized spacial score (nSPS) is 16.7. The highest BCUT2D eigenvalue weighted by molar-refractivity contribution is 5.93. The van der Waals surface area contributed by atoms with Gasteiger partial charge < -0.3 is 20.9 Å². The third kappa shape index (κ3) is 3.14. The van der Waals surface area contributed by atoms with Gasteiger partial charge in [-0.15, -0.1) is 0 Å². The van der Waals surface area contributed by atoms with Crippen LogP contribution in [0.5, 0.6) is 5.88 Å². The first-order valence-electron chi connectivity index (χ1n) is 8.19. The number of hydrogen-bond donors (Lipinski definition) is 2. The molecule has 0 bridgehead atoms. The Morgan fingerprint density at radius 3 is 2.62 bits per heavy atom. The number of aromatic nitrogens is 3. The standard InChI is InChI=1S/C18H17N5O3/c19-16(24)11-3-1-10(2-4-11)13-5-6-14-15(21-13)17(23-18(20)22-14)26-12-7-8-25-9-12/h1-6,12H,7-9H2,(H2,19,24)(H2,20,22,23). The van der Waals surface area contributed by atoms with Crippen LogP contribution in [0.4, 0.5) is 5.95 Å². The topological polar surface area (TPSA) is 126 Å². The highest BCUT2D eigenvalue weighted by atomic mass is 16.5. The van der Waals surface area contributed by atoms with Crippen LogP contribution in [0.1, 0.15) is 16.8 Å². The first-order chi connectivity index (χ1) is 12.6. The van der Waals surface area contributed by atoms with Gasteiger partial charge in [-0.2, -0.15) is 4.98 Å². The Kier molecular flexibility index (Phi) is 4.10.